The summed E-state index contributed by atoms with van der Waals surface area (Å²) in [4.78, 5) is 0. The molecule has 0 aliphatic heterocycles. The van der Waals surface area contributed by atoms with Gasteiger partial charge in [-0.2, -0.15) is 0 Å². The molecule has 76 heavy (non-hydrogen) atoms. The van der Waals surface area contributed by atoms with Crippen molar-refractivity contribution >= 4 is 15.8 Å². The second kappa shape index (κ2) is 70.1. The van der Waals surface area contributed by atoms with Crippen LogP contribution in [0.15, 0.2) is 0 Å². The molecule has 0 unspecified atom stereocenters. The lowest BCUT2D eigenvalue weighted by Gasteiger charge is -2.33. The van der Waals surface area contributed by atoms with Gasteiger partial charge in [-0.3, -0.25) is 0 Å². The van der Waals surface area contributed by atoms with Gasteiger partial charge in [0.05, 0.1) is 0 Å². The van der Waals surface area contributed by atoms with Crippen molar-refractivity contribution in [2.45, 2.75) is 451 Å². The molecule has 0 aromatic heterocycles. The molecule has 0 radical (unpaired) electrons. The van der Waals surface area contributed by atoms with E-state index >= 15 is 0 Å². The fourth-order valence-electron chi connectivity index (χ4n) is 12.7. The first kappa shape index (κ1) is 76.9. The molecule has 0 nitrogen and oxygen atoms in total. The molecule has 0 saturated carbocycles. The van der Waals surface area contributed by atoms with Crippen LogP contribution in [0.2, 0.25) is 0 Å². The molecule has 0 rings (SSSR count). The molecule has 2 heteroatoms. The monoisotopic (exact) mass is 1100 g/mol. The summed E-state index contributed by atoms with van der Waals surface area (Å²) in [6.07, 6.45) is 102. The van der Waals surface area contributed by atoms with Crippen LogP contribution in [0.4, 0.5) is 0 Å². The Morgan fingerprint density at radius 2 is 0.237 bits per heavy atom. The highest BCUT2D eigenvalue weighted by molar-refractivity contribution is 7.75. The van der Waals surface area contributed by atoms with Gasteiger partial charge in [0.25, 0.3) is 0 Å². The molecule has 0 N–H and O–H groups in total. The SMILES string of the molecule is CCCCCCCCCCCCCCCCCCP(CCCCCCCCCCCCCCCCCC)C(C)P(CCCCCCCCCCCCCCCCCC)CCCCCCCCCCCCCCCCCC. The zero-order valence-electron chi connectivity index (χ0n) is 54.6. The van der Waals surface area contributed by atoms with E-state index in [2.05, 4.69) is 34.6 Å². The first-order valence-corrected chi connectivity index (χ1v) is 40.7. The van der Waals surface area contributed by atoms with Gasteiger partial charge in [-0.1, -0.05) is 436 Å². The minimum Gasteiger partial charge on any atom is -0.0994 e. The second-order valence-electron chi connectivity index (χ2n) is 25.9. The van der Waals surface area contributed by atoms with Gasteiger partial charge in [0.2, 0.25) is 0 Å². The Morgan fingerprint density at radius 3 is 0.342 bits per heavy atom. The van der Waals surface area contributed by atoms with Gasteiger partial charge < -0.3 is 0 Å². The van der Waals surface area contributed by atoms with Crippen LogP contribution < -0.4 is 0 Å². The Bertz CT molecular complexity index is 830. The van der Waals surface area contributed by atoms with Crippen LogP contribution in [0, 0.1) is 0 Å². The van der Waals surface area contributed by atoms with E-state index in [0.29, 0.717) is 0 Å². The summed E-state index contributed by atoms with van der Waals surface area (Å²) in [7, 11) is 0.387. The fraction of sp³-hybridized carbons (Fsp3) is 1.00. The van der Waals surface area contributed by atoms with Gasteiger partial charge in [-0.15, -0.1) is 0 Å². The van der Waals surface area contributed by atoms with Crippen molar-refractivity contribution in [3.05, 3.63) is 0 Å². The highest BCUT2D eigenvalue weighted by Gasteiger charge is 2.24. The molecule has 0 atom stereocenters. The maximum absolute atomic E-state index is 2.84. The minimum absolute atomic E-state index is 0.193. The molecular formula is C74H152P2. The zero-order chi connectivity index (χ0) is 54.8. The molecule has 0 spiro atoms. The van der Waals surface area contributed by atoms with Crippen molar-refractivity contribution in [2.24, 2.45) is 0 Å². The summed E-state index contributed by atoms with van der Waals surface area (Å²) in [5, 5.41) is 1.06. The smallest absolute Gasteiger partial charge is 0.00342 e. The standard InChI is InChI=1S/C74H152P2/c1-6-10-14-18-22-26-30-34-38-42-46-50-54-58-62-66-70-75(71-67-63-59-55-51-47-43-39-35-31-27-23-19-15-11-7-2)74(5)76(72-68-64-60-56-52-48-44-40-36-32-28-24-20-16-12-8-3)73-69-65-61-57-53-49-45-41-37-33-29-25-21-17-13-9-4/h74H,6-73H2,1-5H3. The Kier molecular flexibility index (Phi) is 70.9. The number of hydrogen-bond donors (Lipinski definition) is 0. The predicted molar refractivity (Wildman–Crippen MR) is 361 cm³/mol. The number of rotatable bonds is 70. The van der Waals surface area contributed by atoms with Crippen molar-refractivity contribution in [3.8, 4) is 0 Å². The molecule has 0 amide bonds. The summed E-state index contributed by atoms with van der Waals surface area (Å²) >= 11 is 0. The molecule has 0 fully saturated rings. The van der Waals surface area contributed by atoms with Crippen molar-refractivity contribution < 1.29 is 0 Å². The highest BCUT2D eigenvalue weighted by atomic mass is 31.2. The predicted octanol–water partition coefficient (Wildman–Crippen LogP) is 29.3. The van der Waals surface area contributed by atoms with E-state index in [-0.39, 0.29) is 15.8 Å². The van der Waals surface area contributed by atoms with Crippen LogP contribution in [-0.4, -0.2) is 30.0 Å². The lowest BCUT2D eigenvalue weighted by Crippen LogP contribution is -2.09. The Hall–Kier alpha value is 0.860. The normalized spacial score (nSPS) is 12.0. The maximum atomic E-state index is 2.84. The molecule has 0 bridgehead atoms. The van der Waals surface area contributed by atoms with E-state index in [0.717, 1.165) is 5.40 Å². The fourth-order valence-corrected chi connectivity index (χ4v) is 20.3. The Labute approximate surface area is 488 Å². The summed E-state index contributed by atoms with van der Waals surface area (Å²) in [5.74, 6) is 0. The molecule has 0 aliphatic carbocycles. The first-order valence-electron chi connectivity index (χ1n) is 37.2. The molecule has 458 valence electrons. The van der Waals surface area contributed by atoms with Gasteiger partial charge in [0.1, 0.15) is 0 Å². The number of unbranched alkanes of at least 4 members (excludes halogenated alkanes) is 60. The van der Waals surface area contributed by atoms with E-state index in [4.69, 9.17) is 0 Å². The third-order valence-electron chi connectivity index (χ3n) is 18.3. The molecule has 0 aromatic rings. The van der Waals surface area contributed by atoms with Gasteiger partial charge >= 0.3 is 0 Å². The third kappa shape index (κ3) is 62.5. The highest BCUT2D eigenvalue weighted by Crippen LogP contribution is 2.59. The third-order valence-corrected chi connectivity index (χ3v) is 25.9. The van der Waals surface area contributed by atoms with Crippen LogP contribution in [0.5, 0.6) is 0 Å². The van der Waals surface area contributed by atoms with Crippen molar-refractivity contribution in [3.63, 3.8) is 0 Å². The van der Waals surface area contributed by atoms with Crippen molar-refractivity contribution in [1.82, 2.24) is 0 Å². The first-order chi connectivity index (χ1) is 37.7. The van der Waals surface area contributed by atoms with Crippen LogP contribution in [0.3, 0.4) is 0 Å². The van der Waals surface area contributed by atoms with E-state index in [1.807, 2.05) is 0 Å². The van der Waals surface area contributed by atoms with Crippen molar-refractivity contribution in [2.75, 3.05) is 24.6 Å². The summed E-state index contributed by atoms with van der Waals surface area (Å²) < 4.78 is 0. The molecule has 0 saturated heterocycles. The summed E-state index contributed by atoms with van der Waals surface area (Å²) in [5.41, 5.74) is 0. The average Bonchev–Trinajstić information content (AvgIpc) is 3.43. The lowest BCUT2D eigenvalue weighted by atomic mass is 10.0. The van der Waals surface area contributed by atoms with Gasteiger partial charge in [-0.25, -0.2) is 0 Å². The Morgan fingerprint density at radius 1 is 0.145 bits per heavy atom. The minimum atomic E-state index is 0.193. The van der Waals surface area contributed by atoms with E-state index < -0.39 is 0 Å². The molecule has 0 aliphatic rings. The Balaban J connectivity index is 5.00. The van der Waals surface area contributed by atoms with E-state index in [9.17, 15) is 0 Å². The van der Waals surface area contributed by atoms with Crippen LogP contribution in [-0.2, 0) is 0 Å². The lowest BCUT2D eigenvalue weighted by molar-refractivity contribution is 0.531. The quantitative estimate of drug-likeness (QED) is 0.0421. The summed E-state index contributed by atoms with van der Waals surface area (Å²) in [6.45, 7) is 12.2. The summed E-state index contributed by atoms with van der Waals surface area (Å²) in [6, 6.07) is 0. The van der Waals surface area contributed by atoms with E-state index in [1.165, 1.54) is 385 Å². The topological polar surface area (TPSA) is 0 Å². The van der Waals surface area contributed by atoms with Gasteiger partial charge in [-0.05, 0) is 55.7 Å². The van der Waals surface area contributed by atoms with Crippen LogP contribution in [0.1, 0.15) is 446 Å². The van der Waals surface area contributed by atoms with Crippen molar-refractivity contribution in [1.29, 1.82) is 0 Å². The molecule has 0 heterocycles. The average molecular weight is 1100 g/mol. The van der Waals surface area contributed by atoms with Crippen LogP contribution in [0.25, 0.3) is 0 Å². The maximum Gasteiger partial charge on any atom is -0.00342 e. The van der Waals surface area contributed by atoms with Gasteiger partial charge in [0.15, 0.2) is 0 Å². The largest absolute Gasteiger partial charge is 0.0994 e. The zero-order valence-corrected chi connectivity index (χ0v) is 56.3. The molecule has 0 aromatic carbocycles. The van der Waals surface area contributed by atoms with Gasteiger partial charge in [0, 0.05) is 0 Å². The number of hydrogen-bond acceptors (Lipinski definition) is 0. The second-order valence-corrected chi connectivity index (χ2v) is 32.0. The van der Waals surface area contributed by atoms with E-state index in [1.54, 1.807) is 50.3 Å². The molecular weight excluding hydrogens is 951 g/mol. The van der Waals surface area contributed by atoms with Crippen LogP contribution >= 0.6 is 15.8 Å².